The fourth-order valence-electron chi connectivity index (χ4n) is 3.56. The monoisotopic (exact) mass is 506 g/mol. The number of nitrogens with zero attached hydrogens (tertiary/aromatic N) is 1. The zero-order chi connectivity index (χ0) is 26.2. The van der Waals surface area contributed by atoms with E-state index in [1.54, 1.807) is 30.3 Å². The van der Waals surface area contributed by atoms with Gasteiger partial charge in [0.1, 0.15) is 12.2 Å². The molecule has 36 heavy (non-hydrogen) atoms. The molecule has 2 aromatic carbocycles. The van der Waals surface area contributed by atoms with Crippen molar-refractivity contribution in [1.82, 2.24) is 10.2 Å². The van der Waals surface area contributed by atoms with Crippen LogP contribution in [-0.4, -0.2) is 46.1 Å². The Morgan fingerprint density at radius 1 is 1.14 bits per heavy atom. The number of benzene rings is 2. The number of amides is 2. The molecule has 8 nitrogen and oxygen atoms in total. The second-order valence-electron chi connectivity index (χ2n) is 7.75. The Morgan fingerprint density at radius 3 is 2.47 bits per heavy atom. The molecule has 0 aromatic heterocycles. The van der Waals surface area contributed by atoms with Crippen molar-refractivity contribution < 1.29 is 29.0 Å². The maximum atomic E-state index is 12.9. The molecule has 2 N–H and O–H groups in total. The Kier molecular flexibility index (Phi) is 8.75. The maximum Gasteiger partial charge on any atom is 0.335 e. The minimum Gasteiger partial charge on any atom is -0.490 e. The highest BCUT2D eigenvalue weighted by Crippen LogP contribution is 2.35. The number of carbonyl (C=O) groups excluding carboxylic acids is 2. The summed E-state index contributed by atoms with van der Waals surface area (Å²) >= 11 is 5.10. The minimum atomic E-state index is -1.00. The van der Waals surface area contributed by atoms with Crippen molar-refractivity contribution in [3.8, 4) is 11.5 Å². The van der Waals surface area contributed by atoms with Gasteiger partial charge in [0.15, 0.2) is 16.6 Å². The van der Waals surface area contributed by atoms with E-state index in [-0.39, 0.29) is 29.4 Å². The second-order valence-corrected chi connectivity index (χ2v) is 8.13. The quantitative estimate of drug-likeness (QED) is 0.206. The largest absolute Gasteiger partial charge is 0.490 e. The van der Waals surface area contributed by atoms with Crippen LogP contribution in [0.2, 0.25) is 0 Å². The summed E-state index contributed by atoms with van der Waals surface area (Å²) in [5.74, 6) is -1.17. The predicted molar refractivity (Wildman–Crippen MR) is 140 cm³/mol. The van der Waals surface area contributed by atoms with Gasteiger partial charge >= 0.3 is 5.97 Å². The second kappa shape index (κ2) is 11.9. The first-order valence-corrected chi connectivity index (χ1v) is 11.5. The van der Waals surface area contributed by atoms with E-state index in [1.165, 1.54) is 29.2 Å². The van der Waals surface area contributed by atoms with Crippen LogP contribution in [0.3, 0.4) is 0 Å². The number of hydrogen-bond acceptors (Lipinski definition) is 6. The van der Waals surface area contributed by atoms with E-state index in [0.717, 1.165) is 11.1 Å². The van der Waals surface area contributed by atoms with Crippen LogP contribution in [0.4, 0.5) is 0 Å². The van der Waals surface area contributed by atoms with Crippen molar-refractivity contribution in [2.75, 3.05) is 13.2 Å². The van der Waals surface area contributed by atoms with Crippen LogP contribution in [0.5, 0.6) is 11.5 Å². The molecule has 1 saturated heterocycles. The summed E-state index contributed by atoms with van der Waals surface area (Å²) in [6.07, 6.45) is 5.16. The molecule has 1 aliphatic rings. The third kappa shape index (κ3) is 6.05. The van der Waals surface area contributed by atoms with Gasteiger partial charge in [0.05, 0.1) is 12.2 Å². The molecule has 9 heteroatoms. The van der Waals surface area contributed by atoms with Gasteiger partial charge in [0.25, 0.3) is 11.8 Å². The van der Waals surface area contributed by atoms with Crippen LogP contribution < -0.4 is 14.8 Å². The molecule has 0 atom stereocenters. The van der Waals surface area contributed by atoms with Gasteiger partial charge in [-0.05, 0) is 67.0 Å². The first kappa shape index (κ1) is 26.4. The highest BCUT2D eigenvalue weighted by Gasteiger charge is 2.32. The number of allylic oxidation sites excluding steroid dienone is 1. The molecule has 0 radical (unpaired) electrons. The van der Waals surface area contributed by atoms with Crippen molar-refractivity contribution >= 4 is 41.2 Å². The molecule has 1 fully saturated rings. The summed E-state index contributed by atoms with van der Waals surface area (Å²) in [5.41, 5.74) is 2.21. The van der Waals surface area contributed by atoms with E-state index in [2.05, 4.69) is 18.5 Å². The Labute approximate surface area is 214 Å². The van der Waals surface area contributed by atoms with Crippen molar-refractivity contribution in [3.63, 3.8) is 0 Å². The lowest BCUT2D eigenvalue weighted by atomic mass is 10.0. The third-order valence-corrected chi connectivity index (χ3v) is 5.53. The first-order chi connectivity index (χ1) is 17.3. The highest BCUT2D eigenvalue weighted by molar-refractivity contribution is 7.80. The van der Waals surface area contributed by atoms with E-state index < -0.39 is 17.8 Å². The number of carboxylic acid groups (broad SMARTS) is 1. The SMILES string of the molecule is C=CCc1cc(/C=C2\C(=O)NC(=S)N(CC=C)C2=O)cc(OCC)c1OCc1ccc(C(=O)O)cc1. The van der Waals surface area contributed by atoms with E-state index in [4.69, 9.17) is 26.8 Å². The predicted octanol–water partition coefficient (Wildman–Crippen LogP) is 3.90. The molecule has 1 heterocycles. The fraction of sp³-hybridized carbons (Fsp3) is 0.185. The van der Waals surface area contributed by atoms with Gasteiger partial charge in [-0.2, -0.15) is 0 Å². The number of aromatic carboxylic acids is 1. The average Bonchev–Trinajstić information content (AvgIpc) is 2.84. The minimum absolute atomic E-state index is 0.0320. The number of nitrogens with one attached hydrogen (secondary N) is 1. The molecule has 2 aromatic rings. The van der Waals surface area contributed by atoms with Crippen LogP contribution in [0, 0.1) is 0 Å². The lowest BCUT2D eigenvalue weighted by Gasteiger charge is -2.27. The smallest absolute Gasteiger partial charge is 0.335 e. The molecule has 0 unspecified atom stereocenters. The van der Waals surface area contributed by atoms with Gasteiger partial charge in [0, 0.05) is 12.1 Å². The van der Waals surface area contributed by atoms with Crippen molar-refractivity contribution in [3.05, 3.63) is 89.5 Å². The van der Waals surface area contributed by atoms with Crippen LogP contribution in [-0.2, 0) is 22.6 Å². The Bertz CT molecular complexity index is 1250. The van der Waals surface area contributed by atoms with Gasteiger partial charge in [-0.15, -0.1) is 13.2 Å². The van der Waals surface area contributed by atoms with E-state index >= 15 is 0 Å². The topological polar surface area (TPSA) is 105 Å². The number of hydrogen-bond donors (Lipinski definition) is 2. The summed E-state index contributed by atoms with van der Waals surface area (Å²) in [6.45, 7) is 9.97. The van der Waals surface area contributed by atoms with Crippen LogP contribution in [0.15, 0.2) is 67.3 Å². The molecule has 1 aliphatic heterocycles. The van der Waals surface area contributed by atoms with Crippen molar-refractivity contribution in [1.29, 1.82) is 0 Å². The van der Waals surface area contributed by atoms with Gasteiger partial charge in [0.2, 0.25) is 0 Å². The Morgan fingerprint density at radius 2 is 1.86 bits per heavy atom. The van der Waals surface area contributed by atoms with Crippen molar-refractivity contribution in [2.24, 2.45) is 0 Å². The summed E-state index contributed by atoms with van der Waals surface area (Å²) in [4.78, 5) is 37.8. The fourth-order valence-corrected chi connectivity index (χ4v) is 3.81. The van der Waals surface area contributed by atoms with Gasteiger partial charge in [-0.3, -0.25) is 19.8 Å². The van der Waals surface area contributed by atoms with Crippen molar-refractivity contribution in [2.45, 2.75) is 20.0 Å². The molecule has 2 amide bonds. The molecule has 186 valence electrons. The summed E-state index contributed by atoms with van der Waals surface area (Å²) in [6, 6.07) is 9.88. The Hall–Kier alpha value is -4.24. The standard InChI is InChI=1S/C27H26N2O6S/c1-4-7-20-13-18(14-21-24(30)28-27(36)29(12-5-2)25(21)31)15-22(34-6-3)23(20)35-16-17-8-10-19(11-9-17)26(32)33/h4-5,8-11,13-15H,1-2,6-7,12,16H2,3H3,(H,32,33)(H,28,30,36)/b21-14+. The normalized spacial score (nSPS) is 14.4. The number of thiocarbonyl (C=S) groups is 1. The van der Waals surface area contributed by atoms with E-state index in [1.807, 2.05) is 6.92 Å². The number of carbonyl (C=O) groups is 3. The average molecular weight is 507 g/mol. The zero-order valence-corrected chi connectivity index (χ0v) is 20.6. The first-order valence-electron chi connectivity index (χ1n) is 11.1. The molecule has 3 rings (SSSR count). The zero-order valence-electron chi connectivity index (χ0n) is 19.8. The lowest BCUT2D eigenvalue weighted by molar-refractivity contribution is -0.128. The molecule has 0 spiro atoms. The number of ether oxygens (including phenoxy) is 2. The third-order valence-electron chi connectivity index (χ3n) is 5.21. The van der Waals surface area contributed by atoms with Crippen LogP contribution in [0.25, 0.3) is 6.08 Å². The Balaban J connectivity index is 1.97. The van der Waals surface area contributed by atoms with E-state index in [0.29, 0.717) is 30.1 Å². The molecular formula is C27H26N2O6S. The molecule has 0 aliphatic carbocycles. The number of rotatable bonds is 11. The van der Waals surface area contributed by atoms with Gasteiger partial charge in [-0.25, -0.2) is 4.79 Å². The maximum absolute atomic E-state index is 12.9. The lowest BCUT2D eigenvalue weighted by Crippen LogP contribution is -2.53. The molecule has 0 saturated carbocycles. The molecule has 0 bridgehead atoms. The van der Waals surface area contributed by atoms with Gasteiger partial charge in [-0.1, -0.05) is 24.3 Å². The molecular weight excluding hydrogens is 480 g/mol. The van der Waals surface area contributed by atoms with Gasteiger partial charge < -0.3 is 14.6 Å². The number of carboxylic acids is 1. The van der Waals surface area contributed by atoms with Crippen LogP contribution in [0.1, 0.15) is 34.0 Å². The summed E-state index contributed by atoms with van der Waals surface area (Å²) in [5, 5.41) is 11.6. The highest BCUT2D eigenvalue weighted by atomic mass is 32.1. The summed E-state index contributed by atoms with van der Waals surface area (Å²) in [7, 11) is 0. The summed E-state index contributed by atoms with van der Waals surface area (Å²) < 4.78 is 11.9. The van der Waals surface area contributed by atoms with Crippen LogP contribution >= 0.6 is 12.2 Å². The van der Waals surface area contributed by atoms with E-state index in [9.17, 15) is 14.4 Å².